The van der Waals surface area contributed by atoms with Crippen molar-refractivity contribution < 1.29 is 9.53 Å². The van der Waals surface area contributed by atoms with Crippen molar-refractivity contribution >= 4 is 40.7 Å². The first-order valence-electron chi connectivity index (χ1n) is 7.77. The van der Waals surface area contributed by atoms with Crippen LogP contribution >= 0.6 is 34.8 Å². The van der Waals surface area contributed by atoms with Crippen LogP contribution in [0.1, 0.15) is 30.5 Å². The fraction of sp³-hybridized carbons (Fsp3) is 0.316. The minimum Gasteiger partial charge on any atom is -0.374 e. The second kappa shape index (κ2) is 8.41. The molecule has 0 fully saturated rings. The second-order valence-electron chi connectivity index (χ2n) is 6.23. The highest BCUT2D eigenvalue weighted by Gasteiger charge is 2.22. The number of nitrogens with one attached hydrogen (secondary N) is 1. The first-order valence-corrected chi connectivity index (χ1v) is 8.91. The van der Waals surface area contributed by atoms with E-state index >= 15 is 0 Å². The lowest BCUT2D eigenvalue weighted by atomic mass is 9.96. The Labute approximate surface area is 163 Å². The van der Waals surface area contributed by atoms with Gasteiger partial charge in [0.25, 0.3) is 0 Å². The predicted molar refractivity (Wildman–Crippen MR) is 103 cm³/mol. The molecule has 0 aliphatic carbocycles. The summed E-state index contributed by atoms with van der Waals surface area (Å²) in [4.78, 5) is 12.1. The number of carbonyl (C=O) groups is 1. The van der Waals surface area contributed by atoms with E-state index in [4.69, 9.17) is 39.5 Å². The third-order valence-corrected chi connectivity index (χ3v) is 5.08. The van der Waals surface area contributed by atoms with Crippen LogP contribution in [0.3, 0.4) is 0 Å². The average molecular weight is 401 g/mol. The molecule has 2 aromatic rings. The molecule has 0 spiro atoms. The van der Waals surface area contributed by atoms with E-state index in [0.717, 1.165) is 16.7 Å². The summed E-state index contributed by atoms with van der Waals surface area (Å²) < 4.78 is 5.45. The zero-order valence-corrected chi connectivity index (χ0v) is 16.6. The van der Waals surface area contributed by atoms with Crippen LogP contribution in [0.25, 0.3) is 0 Å². The molecule has 0 bridgehead atoms. The van der Waals surface area contributed by atoms with Gasteiger partial charge >= 0.3 is 0 Å². The van der Waals surface area contributed by atoms with Gasteiger partial charge in [-0.3, -0.25) is 4.79 Å². The third kappa shape index (κ3) is 5.35. The summed E-state index contributed by atoms with van der Waals surface area (Å²) in [6.45, 7) is 4.30. The van der Waals surface area contributed by atoms with Gasteiger partial charge in [0.05, 0.1) is 22.1 Å². The summed E-state index contributed by atoms with van der Waals surface area (Å²) in [5.41, 5.74) is 2.17. The van der Waals surface area contributed by atoms with Crippen molar-refractivity contribution in [1.29, 1.82) is 0 Å². The number of hydrogen-bond donors (Lipinski definition) is 1. The Morgan fingerprint density at radius 3 is 2.24 bits per heavy atom. The van der Waals surface area contributed by atoms with Crippen LogP contribution in [0.5, 0.6) is 0 Å². The van der Waals surface area contributed by atoms with Gasteiger partial charge in [-0.05, 0) is 43.2 Å². The second-order valence-corrected chi connectivity index (χ2v) is 7.45. The van der Waals surface area contributed by atoms with E-state index in [1.807, 2.05) is 32.0 Å². The van der Waals surface area contributed by atoms with Crippen molar-refractivity contribution in [1.82, 2.24) is 5.32 Å². The Morgan fingerprint density at radius 2 is 1.64 bits per heavy atom. The molecule has 0 unspecified atom stereocenters. The van der Waals surface area contributed by atoms with Crippen LogP contribution in [-0.4, -0.2) is 13.0 Å². The molecule has 0 aromatic heterocycles. The normalized spacial score (nSPS) is 11.4. The number of methoxy groups -OCH3 is 1. The lowest BCUT2D eigenvalue weighted by Gasteiger charge is -2.25. The van der Waals surface area contributed by atoms with Crippen LogP contribution in [0, 0.1) is 0 Å². The number of amides is 1. The summed E-state index contributed by atoms with van der Waals surface area (Å²) >= 11 is 18.2. The maximum absolute atomic E-state index is 12.1. The lowest BCUT2D eigenvalue weighted by Crippen LogP contribution is -2.25. The average Bonchev–Trinajstić information content (AvgIpc) is 2.56. The minimum absolute atomic E-state index is 0.101. The summed E-state index contributed by atoms with van der Waals surface area (Å²) in [7, 11) is 1.65. The molecule has 2 rings (SSSR count). The van der Waals surface area contributed by atoms with Crippen molar-refractivity contribution in [2.75, 3.05) is 7.11 Å². The molecule has 3 nitrogen and oxygen atoms in total. The Balaban J connectivity index is 1.97. The molecule has 134 valence electrons. The van der Waals surface area contributed by atoms with E-state index in [1.54, 1.807) is 25.3 Å². The Morgan fingerprint density at radius 1 is 1.00 bits per heavy atom. The van der Waals surface area contributed by atoms with Gasteiger partial charge in [-0.15, -0.1) is 0 Å². The standard InChI is InChI=1S/C19H20Cl3NO2/c1-19(2,25-3)14-6-4-13(9-16(14)21)11-23-18(24)10-12-5-7-15(20)17(22)8-12/h4-9H,10-11H2,1-3H3,(H,23,24). The topological polar surface area (TPSA) is 38.3 Å². The van der Waals surface area contributed by atoms with Gasteiger partial charge in [-0.2, -0.15) is 0 Å². The van der Waals surface area contributed by atoms with Gasteiger partial charge in [0.1, 0.15) is 0 Å². The fourth-order valence-corrected chi connectivity index (χ4v) is 3.12. The molecule has 0 heterocycles. The molecular formula is C19H20Cl3NO2. The Kier molecular flexibility index (Phi) is 6.75. The van der Waals surface area contributed by atoms with Gasteiger partial charge in [0.15, 0.2) is 0 Å². The molecule has 0 saturated carbocycles. The molecular weight excluding hydrogens is 381 g/mol. The fourth-order valence-electron chi connectivity index (χ4n) is 2.36. The molecule has 0 atom stereocenters. The summed E-state index contributed by atoms with van der Waals surface area (Å²) in [6.07, 6.45) is 0.236. The van der Waals surface area contributed by atoms with Gasteiger partial charge in [-0.1, -0.05) is 53.0 Å². The van der Waals surface area contributed by atoms with Crippen molar-refractivity contribution in [3.05, 3.63) is 68.2 Å². The summed E-state index contributed by atoms with van der Waals surface area (Å²) in [5, 5.41) is 4.40. The predicted octanol–water partition coefficient (Wildman–Crippen LogP) is 5.39. The first-order chi connectivity index (χ1) is 11.7. The molecule has 1 N–H and O–H groups in total. The quantitative estimate of drug-likeness (QED) is 0.706. The Hall–Kier alpha value is -1.26. The molecule has 0 aliphatic heterocycles. The molecule has 0 saturated heterocycles. The van der Waals surface area contributed by atoms with Crippen molar-refractivity contribution in [3.8, 4) is 0 Å². The molecule has 1 amide bonds. The zero-order valence-electron chi connectivity index (χ0n) is 14.3. The summed E-state index contributed by atoms with van der Waals surface area (Å²) in [6, 6.07) is 10.9. The number of benzene rings is 2. The molecule has 25 heavy (non-hydrogen) atoms. The van der Waals surface area contributed by atoms with Crippen LogP contribution in [0.4, 0.5) is 0 Å². The highest BCUT2D eigenvalue weighted by molar-refractivity contribution is 6.42. The van der Waals surface area contributed by atoms with Crippen LogP contribution in [0.15, 0.2) is 36.4 Å². The third-order valence-electron chi connectivity index (χ3n) is 4.03. The van der Waals surface area contributed by atoms with Gasteiger partial charge in [0.2, 0.25) is 5.91 Å². The van der Waals surface area contributed by atoms with Crippen molar-refractivity contribution in [2.45, 2.75) is 32.4 Å². The minimum atomic E-state index is -0.466. The lowest BCUT2D eigenvalue weighted by molar-refractivity contribution is -0.120. The molecule has 0 radical (unpaired) electrons. The van der Waals surface area contributed by atoms with Crippen LogP contribution < -0.4 is 5.32 Å². The number of hydrogen-bond acceptors (Lipinski definition) is 2. The molecule has 6 heteroatoms. The highest BCUT2D eigenvalue weighted by Crippen LogP contribution is 2.31. The Bertz CT molecular complexity index is 775. The SMILES string of the molecule is COC(C)(C)c1ccc(CNC(=O)Cc2ccc(Cl)c(Cl)c2)cc1Cl. The zero-order chi connectivity index (χ0) is 18.6. The smallest absolute Gasteiger partial charge is 0.224 e. The van der Waals surface area contributed by atoms with E-state index < -0.39 is 5.60 Å². The maximum atomic E-state index is 12.1. The van der Waals surface area contributed by atoms with E-state index in [-0.39, 0.29) is 12.3 Å². The van der Waals surface area contributed by atoms with Crippen LogP contribution in [0.2, 0.25) is 15.1 Å². The largest absolute Gasteiger partial charge is 0.374 e. The van der Waals surface area contributed by atoms with Gasteiger partial charge in [0, 0.05) is 24.2 Å². The van der Waals surface area contributed by atoms with Crippen molar-refractivity contribution in [3.63, 3.8) is 0 Å². The van der Waals surface area contributed by atoms with Crippen LogP contribution in [-0.2, 0) is 28.1 Å². The van der Waals surface area contributed by atoms with E-state index in [0.29, 0.717) is 21.6 Å². The van der Waals surface area contributed by atoms with E-state index in [2.05, 4.69) is 5.32 Å². The first kappa shape index (κ1) is 20.1. The number of halogens is 3. The highest BCUT2D eigenvalue weighted by atomic mass is 35.5. The van der Waals surface area contributed by atoms with E-state index in [9.17, 15) is 4.79 Å². The molecule has 2 aromatic carbocycles. The number of carbonyl (C=O) groups excluding carboxylic acids is 1. The maximum Gasteiger partial charge on any atom is 0.224 e. The summed E-state index contributed by atoms with van der Waals surface area (Å²) in [5.74, 6) is -0.101. The number of rotatable bonds is 6. The molecule has 0 aliphatic rings. The van der Waals surface area contributed by atoms with Gasteiger partial charge < -0.3 is 10.1 Å². The van der Waals surface area contributed by atoms with Crippen molar-refractivity contribution in [2.24, 2.45) is 0 Å². The monoisotopic (exact) mass is 399 g/mol. The van der Waals surface area contributed by atoms with Gasteiger partial charge in [-0.25, -0.2) is 0 Å². The van der Waals surface area contributed by atoms with E-state index in [1.165, 1.54) is 0 Å². The number of ether oxygens (including phenoxy) is 1.